The predicted molar refractivity (Wildman–Crippen MR) is 71.2 cm³/mol. The molecule has 0 aromatic rings. The highest BCUT2D eigenvalue weighted by Crippen LogP contribution is 2.09. The van der Waals surface area contributed by atoms with Crippen molar-refractivity contribution in [1.29, 1.82) is 5.41 Å². The Hall–Kier alpha value is -2.10. The van der Waals surface area contributed by atoms with Gasteiger partial charge in [-0.2, -0.15) is 0 Å². The first-order valence-corrected chi connectivity index (χ1v) is 5.06. The molecule has 0 aliphatic heterocycles. The number of hydrogen-bond donors (Lipinski definition) is 1. The van der Waals surface area contributed by atoms with Gasteiger partial charge >= 0.3 is 0 Å². The summed E-state index contributed by atoms with van der Waals surface area (Å²) in [6.07, 6.45) is 6.15. The molecule has 0 atom stereocenters. The molecule has 4 nitrogen and oxygen atoms in total. The maximum atomic E-state index is 7.11. The molecular formula is C13H18N2O2. The summed E-state index contributed by atoms with van der Waals surface area (Å²) in [7, 11) is 1.53. The lowest BCUT2D eigenvalue weighted by molar-refractivity contribution is 0.241. The molecule has 0 aromatic carbocycles. The highest BCUT2D eigenvalue weighted by atomic mass is 16.6. The zero-order valence-electron chi connectivity index (χ0n) is 10.5. The molecule has 17 heavy (non-hydrogen) atoms. The third-order valence-electron chi connectivity index (χ3n) is 2.02. The molecule has 0 spiro atoms. The number of allylic oxidation sites excluding steroid dienone is 4. The Kier molecular flexibility index (Phi) is 7.10. The molecule has 4 heteroatoms. The SMILES string of the molecule is C=C(O/N=C\C(=C\C)C(=C)OC)/C(C=N)=C\C. The van der Waals surface area contributed by atoms with Crippen LogP contribution in [0.5, 0.6) is 0 Å². The topological polar surface area (TPSA) is 54.7 Å². The zero-order valence-corrected chi connectivity index (χ0v) is 10.5. The molecule has 0 unspecified atom stereocenters. The Bertz CT molecular complexity index is 390. The second-order valence-corrected chi connectivity index (χ2v) is 3.01. The molecule has 0 bridgehead atoms. The quantitative estimate of drug-likeness (QED) is 0.318. The third kappa shape index (κ3) is 4.97. The van der Waals surface area contributed by atoms with E-state index in [9.17, 15) is 0 Å². The first kappa shape index (κ1) is 14.9. The Balaban J connectivity index is 4.52. The number of oxime groups is 1. The van der Waals surface area contributed by atoms with E-state index in [1.807, 2.05) is 6.92 Å². The van der Waals surface area contributed by atoms with Crippen molar-refractivity contribution < 1.29 is 9.57 Å². The number of methoxy groups -OCH3 is 1. The lowest BCUT2D eigenvalue weighted by atomic mass is 10.2. The Morgan fingerprint density at radius 2 is 1.71 bits per heavy atom. The molecule has 1 N–H and O–H groups in total. The second-order valence-electron chi connectivity index (χ2n) is 3.01. The van der Waals surface area contributed by atoms with Crippen LogP contribution < -0.4 is 0 Å². The van der Waals surface area contributed by atoms with E-state index in [2.05, 4.69) is 18.3 Å². The van der Waals surface area contributed by atoms with Crippen molar-refractivity contribution in [3.05, 3.63) is 48.0 Å². The van der Waals surface area contributed by atoms with Crippen molar-refractivity contribution >= 4 is 12.4 Å². The van der Waals surface area contributed by atoms with Crippen LogP contribution >= 0.6 is 0 Å². The van der Waals surface area contributed by atoms with Crippen LogP contribution in [-0.4, -0.2) is 19.5 Å². The molecule has 0 fully saturated rings. The number of nitrogens with one attached hydrogen (secondary N) is 1. The van der Waals surface area contributed by atoms with Crippen molar-refractivity contribution in [3.8, 4) is 0 Å². The molecule has 0 aliphatic rings. The summed E-state index contributed by atoms with van der Waals surface area (Å²) in [4.78, 5) is 5.03. The predicted octanol–water partition coefficient (Wildman–Crippen LogP) is 3.20. The first-order valence-electron chi connectivity index (χ1n) is 5.06. The fourth-order valence-corrected chi connectivity index (χ4v) is 0.950. The maximum absolute atomic E-state index is 7.11. The van der Waals surface area contributed by atoms with Crippen LogP contribution in [0.4, 0.5) is 0 Å². The lowest BCUT2D eigenvalue weighted by Crippen LogP contribution is -1.95. The van der Waals surface area contributed by atoms with Gasteiger partial charge in [-0.15, -0.1) is 0 Å². The summed E-state index contributed by atoms with van der Waals surface area (Å²) in [5.41, 5.74) is 1.30. The first-order chi connectivity index (χ1) is 8.10. The molecule has 0 saturated carbocycles. The van der Waals surface area contributed by atoms with E-state index in [0.717, 1.165) is 11.8 Å². The zero-order chi connectivity index (χ0) is 13.3. The molecule has 0 aliphatic carbocycles. The van der Waals surface area contributed by atoms with Gasteiger partial charge in [0.05, 0.1) is 13.3 Å². The lowest BCUT2D eigenvalue weighted by Gasteiger charge is -2.04. The minimum Gasteiger partial charge on any atom is -0.497 e. The van der Waals surface area contributed by atoms with Crippen molar-refractivity contribution in [3.63, 3.8) is 0 Å². The highest BCUT2D eigenvalue weighted by Gasteiger charge is 2.00. The number of ether oxygens (including phenoxy) is 1. The molecule has 0 radical (unpaired) electrons. The van der Waals surface area contributed by atoms with Gasteiger partial charge in [-0.3, -0.25) is 0 Å². The van der Waals surface area contributed by atoms with Crippen LogP contribution in [0, 0.1) is 5.41 Å². The van der Waals surface area contributed by atoms with Gasteiger partial charge in [-0.05, 0) is 13.8 Å². The smallest absolute Gasteiger partial charge is 0.159 e. The summed E-state index contributed by atoms with van der Waals surface area (Å²) < 4.78 is 4.97. The summed E-state index contributed by atoms with van der Waals surface area (Å²) >= 11 is 0. The minimum absolute atomic E-state index is 0.317. The van der Waals surface area contributed by atoms with Gasteiger partial charge in [0.1, 0.15) is 5.76 Å². The van der Waals surface area contributed by atoms with Crippen molar-refractivity contribution in [1.82, 2.24) is 0 Å². The van der Waals surface area contributed by atoms with Crippen LogP contribution in [0.2, 0.25) is 0 Å². The van der Waals surface area contributed by atoms with Crippen LogP contribution in [0.3, 0.4) is 0 Å². The summed E-state index contributed by atoms with van der Waals surface area (Å²) in [6, 6.07) is 0. The van der Waals surface area contributed by atoms with Gasteiger partial charge in [-0.25, -0.2) is 0 Å². The van der Waals surface area contributed by atoms with Crippen molar-refractivity contribution in [2.45, 2.75) is 13.8 Å². The molecule has 0 aromatic heterocycles. The second kappa shape index (κ2) is 8.10. The van der Waals surface area contributed by atoms with Crippen LogP contribution in [0.25, 0.3) is 0 Å². The van der Waals surface area contributed by atoms with E-state index in [1.54, 1.807) is 19.1 Å². The standard InChI is InChI=1S/C13H18N2O2/c1-6-12(8-14)11(4)17-15-9-13(7-2)10(3)16-5/h6-9,14H,3-4H2,1-2,5H3/b12-6-,13-7-,14-8?,15-9-. The fourth-order valence-electron chi connectivity index (χ4n) is 0.950. The molecule has 0 saturated heterocycles. The average molecular weight is 234 g/mol. The number of hydrogen-bond acceptors (Lipinski definition) is 4. The largest absolute Gasteiger partial charge is 0.497 e. The number of nitrogens with zero attached hydrogens (tertiary/aromatic N) is 1. The normalized spacial score (nSPS) is 12.4. The fraction of sp³-hybridized carbons (Fsp3) is 0.231. The van der Waals surface area contributed by atoms with E-state index in [1.165, 1.54) is 13.3 Å². The third-order valence-corrected chi connectivity index (χ3v) is 2.02. The van der Waals surface area contributed by atoms with E-state index in [0.29, 0.717) is 17.1 Å². The van der Waals surface area contributed by atoms with Gasteiger partial charge < -0.3 is 15.0 Å². The minimum atomic E-state index is 0.317. The highest BCUT2D eigenvalue weighted by molar-refractivity contribution is 5.83. The van der Waals surface area contributed by atoms with E-state index in [4.69, 9.17) is 15.0 Å². The summed E-state index contributed by atoms with van der Waals surface area (Å²) in [5, 5.41) is 10.9. The van der Waals surface area contributed by atoms with Gasteiger partial charge in [0.2, 0.25) is 0 Å². The van der Waals surface area contributed by atoms with Crippen LogP contribution in [0.15, 0.2) is 53.1 Å². The maximum Gasteiger partial charge on any atom is 0.159 e. The van der Waals surface area contributed by atoms with Gasteiger partial charge in [0.25, 0.3) is 0 Å². The van der Waals surface area contributed by atoms with E-state index < -0.39 is 0 Å². The molecule has 92 valence electrons. The van der Waals surface area contributed by atoms with Crippen molar-refractivity contribution in [2.24, 2.45) is 5.16 Å². The average Bonchev–Trinajstić information content (AvgIpc) is 2.35. The van der Waals surface area contributed by atoms with Crippen LogP contribution in [-0.2, 0) is 9.57 Å². The Morgan fingerprint density at radius 1 is 1.12 bits per heavy atom. The molecular weight excluding hydrogens is 216 g/mol. The van der Waals surface area contributed by atoms with Gasteiger partial charge in [0.15, 0.2) is 5.76 Å². The van der Waals surface area contributed by atoms with Crippen molar-refractivity contribution in [2.75, 3.05) is 7.11 Å². The number of rotatable bonds is 7. The van der Waals surface area contributed by atoms with E-state index >= 15 is 0 Å². The molecule has 0 rings (SSSR count). The Morgan fingerprint density at radius 3 is 2.12 bits per heavy atom. The monoisotopic (exact) mass is 234 g/mol. The van der Waals surface area contributed by atoms with E-state index in [-0.39, 0.29) is 0 Å². The molecule has 0 heterocycles. The Labute approximate surface area is 102 Å². The van der Waals surface area contributed by atoms with Gasteiger partial charge in [-0.1, -0.05) is 30.5 Å². The summed E-state index contributed by atoms with van der Waals surface area (Å²) in [5.74, 6) is 0.820. The summed E-state index contributed by atoms with van der Waals surface area (Å²) in [6.45, 7) is 11.0. The van der Waals surface area contributed by atoms with Gasteiger partial charge in [0, 0.05) is 17.4 Å². The molecule has 0 amide bonds. The van der Waals surface area contributed by atoms with Crippen LogP contribution in [0.1, 0.15) is 13.8 Å².